The highest BCUT2D eigenvalue weighted by Crippen LogP contribution is 2.35. The van der Waals surface area contributed by atoms with Gasteiger partial charge in [-0.15, -0.1) is 0 Å². The van der Waals surface area contributed by atoms with E-state index < -0.39 is 0 Å². The normalized spacial score (nSPS) is 11.1. The molecular weight excluding hydrogens is 250 g/mol. The zero-order valence-corrected chi connectivity index (χ0v) is 12.4. The highest BCUT2D eigenvalue weighted by atomic mass is 16.5. The van der Waals surface area contributed by atoms with Crippen LogP contribution in [0.25, 0.3) is 11.3 Å². The third-order valence-electron chi connectivity index (χ3n) is 3.00. The van der Waals surface area contributed by atoms with Gasteiger partial charge in [0.05, 0.1) is 11.8 Å². The van der Waals surface area contributed by atoms with Gasteiger partial charge >= 0.3 is 0 Å². The molecule has 2 aromatic rings. The zero-order valence-electron chi connectivity index (χ0n) is 12.4. The number of nitrogens with zero attached hydrogens (tertiary/aromatic N) is 2. The molecule has 2 rings (SSSR count). The summed E-state index contributed by atoms with van der Waals surface area (Å²) in [5.74, 6) is 1.60. The van der Waals surface area contributed by atoms with Crippen molar-refractivity contribution in [3.05, 3.63) is 36.2 Å². The van der Waals surface area contributed by atoms with E-state index in [1.165, 1.54) is 6.33 Å². The van der Waals surface area contributed by atoms with Crippen molar-refractivity contribution < 1.29 is 4.74 Å². The minimum atomic E-state index is 0.109. The third kappa shape index (κ3) is 2.90. The molecule has 0 saturated heterocycles. The summed E-state index contributed by atoms with van der Waals surface area (Å²) in [7, 11) is 0. The lowest BCUT2D eigenvalue weighted by Gasteiger charge is -2.17. The molecular formula is C16H21N3O. The Morgan fingerprint density at radius 1 is 1.05 bits per heavy atom. The van der Waals surface area contributed by atoms with Gasteiger partial charge in [0, 0.05) is 11.1 Å². The predicted octanol–water partition coefficient (Wildman–Crippen LogP) is 3.64. The van der Waals surface area contributed by atoms with Crippen LogP contribution in [0.15, 0.2) is 30.6 Å². The number of aromatic nitrogens is 2. The molecule has 1 heterocycles. The maximum Gasteiger partial charge on any atom is 0.130 e. The molecule has 106 valence electrons. The van der Waals surface area contributed by atoms with Crippen molar-refractivity contribution in [3.8, 4) is 17.0 Å². The summed E-state index contributed by atoms with van der Waals surface area (Å²) in [4.78, 5) is 8.53. The van der Waals surface area contributed by atoms with Gasteiger partial charge in [0.25, 0.3) is 0 Å². The minimum Gasteiger partial charge on any atom is -0.490 e. The summed E-state index contributed by atoms with van der Waals surface area (Å²) in [5, 5.41) is 0. The number of ether oxygens (including phenoxy) is 1. The number of nitrogens with two attached hydrogens (primary N) is 1. The molecule has 0 aliphatic carbocycles. The van der Waals surface area contributed by atoms with Crippen LogP contribution < -0.4 is 10.5 Å². The number of nitrogen functional groups attached to an aromatic ring is 1. The van der Waals surface area contributed by atoms with Crippen LogP contribution >= 0.6 is 0 Å². The van der Waals surface area contributed by atoms with Gasteiger partial charge < -0.3 is 10.5 Å². The van der Waals surface area contributed by atoms with Crippen molar-refractivity contribution in [2.45, 2.75) is 39.7 Å². The summed E-state index contributed by atoms with van der Waals surface area (Å²) >= 11 is 0. The van der Waals surface area contributed by atoms with E-state index in [2.05, 4.69) is 23.8 Å². The van der Waals surface area contributed by atoms with Gasteiger partial charge in [-0.1, -0.05) is 26.0 Å². The van der Waals surface area contributed by atoms with E-state index in [9.17, 15) is 0 Å². The second kappa shape index (κ2) is 5.90. The van der Waals surface area contributed by atoms with Crippen LogP contribution in [0.1, 0.15) is 39.2 Å². The Labute approximate surface area is 120 Å². The van der Waals surface area contributed by atoms with E-state index >= 15 is 0 Å². The highest BCUT2D eigenvalue weighted by molar-refractivity contribution is 5.73. The van der Waals surface area contributed by atoms with Gasteiger partial charge in [0.2, 0.25) is 0 Å². The van der Waals surface area contributed by atoms with Gasteiger partial charge in [-0.3, -0.25) is 0 Å². The molecule has 0 spiro atoms. The second-order valence-electron chi connectivity index (χ2n) is 5.34. The molecule has 1 aromatic heterocycles. The van der Waals surface area contributed by atoms with Crippen molar-refractivity contribution in [2.75, 3.05) is 5.73 Å². The van der Waals surface area contributed by atoms with Crippen molar-refractivity contribution in [3.63, 3.8) is 0 Å². The Morgan fingerprint density at radius 2 is 1.75 bits per heavy atom. The Morgan fingerprint density at radius 3 is 2.40 bits per heavy atom. The van der Waals surface area contributed by atoms with Gasteiger partial charge in [0.15, 0.2) is 0 Å². The van der Waals surface area contributed by atoms with E-state index in [0.29, 0.717) is 5.82 Å². The number of hydrogen-bond acceptors (Lipinski definition) is 4. The molecule has 2 N–H and O–H groups in total. The van der Waals surface area contributed by atoms with Crippen LogP contribution in [-0.2, 0) is 0 Å². The lowest BCUT2D eigenvalue weighted by molar-refractivity contribution is 0.243. The number of hydrogen-bond donors (Lipinski definition) is 1. The van der Waals surface area contributed by atoms with Crippen LogP contribution in [0.3, 0.4) is 0 Å². The third-order valence-corrected chi connectivity index (χ3v) is 3.00. The fourth-order valence-corrected chi connectivity index (χ4v) is 2.21. The topological polar surface area (TPSA) is 61.0 Å². The molecule has 4 heteroatoms. The quantitative estimate of drug-likeness (QED) is 0.922. The van der Waals surface area contributed by atoms with E-state index in [4.69, 9.17) is 10.5 Å². The molecule has 0 radical (unpaired) electrons. The Balaban J connectivity index is 2.60. The minimum absolute atomic E-state index is 0.109. The molecule has 0 saturated carbocycles. The summed E-state index contributed by atoms with van der Waals surface area (Å²) < 4.78 is 5.87. The summed E-state index contributed by atoms with van der Waals surface area (Å²) in [6, 6.07) is 7.90. The van der Waals surface area contributed by atoms with Gasteiger partial charge in [-0.2, -0.15) is 0 Å². The van der Waals surface area contributed by atoms with Gasteiger partial charge in [0.1, 0.15) is 17.9 Å². The average molecular weight is 271 g/mol. The molecule has 0 atom stereocenters. The van der Waals surface area contributed by atoms with Crippen molar-refractivity contribution in [1.29, 1.82) is 0 Å². The van der Waals surface area contributed by atoms with Crippen molar-refractivity contribution in [2.24, 2.45) is 0 Å². The molecule has 20 heavy (non-hydrogen) atoms. The molecule has 1 aromatic carbocycles. The van der Waals surface area contributed by atoms with Crippen LogP contribution in [0.5, 0.6) is 5.75 Å². The summed E-state index contributed by atoms with van der Waals surface area (Å²) in [6.07, 6.45) is 1.61. The Kier molecular flexibility index (Phi) is 4.23. The molecule has 0 aliphatic heterocycles. The maximum atomic E-state index is 6.02. The first-order valence-electron chi connectivity index (χ1n) is 6.87. The first-order chi connectivity index (χ1) is 9.50. The number of benzene rings is 1. The summed E-state index contributed by atoms with van der Waals surface area (Å²) in [5.41, 5.74) is 8.79. The summed E-state index contributed by atoms with van der Waals surface area (Å²) in [6.45, 7) is 8.19. The molecule has 0 unspecified atom stereocenters. The highest BCUT2D eigenvalue weighted by Gasteiger charge is 2.17. The fourth-order valence-electron chi connectivity index (χ4n) is 2.21. The van der Waals surface area contributed by atoms with Crippen molar-refractivity contribution in [1.82, 2.24) is 9.97 Å². The Hall–Kier alpha value is -2.10. The molecule has 0 amide bonds. The molecule has 0 aliphatic rings. The standard InChI is InChI=1S/C16H21N3O/c1-10(2)14-15(18-9-19-16(14)17)12-7-5-6-8-13(12)20-11(3)4/h5-11H,1-4H3,(H2,17,18,19). The molecule has 0 bridgehead atoms. The average Bonchev–Trinajstić information content (AvgIpc) is 2.38. The van der Waals surface area contributed by atoms with Crippen LogP contribution in [-0.4, -0.2) is 16.1 Å². The van der Waals surface area contributed by atoms with Gasteiger partial charge in [-0.05, 0) is 31.9 Å². The zero-order chi connectivity index (χ0) is 14.7. The fraction of sp³-hybridized carbons (Fsp3) is 0.375. The van der Waals surface area contributed by atoms with Crippen LogP contribution in [0.2, 0.25) is 0 Å². The Bertz CT molecular complexity index is 594. The second-order valence-corrected chi connectivity index (χ2v) is 5.34. The first-order valence-corrected chi connectivity index (χ1v) is 6.87. The SMILES string of the molecule is CC(C)Oc1ccccc1-c1ncnc(N)c1C(C)C. The maximum absolute atomic E-state index is 6.02. The van der Waals surface area contributed by atoms with E-state index in [1.54, 1.807) is 0 Å². The van der Waals surface area contributed by atoms with E-state index in [0.717, 1.165) is 22.6 Å². The monoisotopic (exact) mass is 271 g/mol. The predicted molar refractivity (Wildman–Crippen MR) is 81.7 cm³/mol. The first kappa shape index (κ1) is 14.3. The number of rotatable bonds is 4. The number of anilines is 1. The lowest BCUT2D eigenvalue weighted by Crippen LogP contribution is -2.08. The number of para-hydroxylation sites is 1. The smallest absolute Gasteiger partial charge is 0.130 e. The van der Waals surface area contributed by atoms with Gasteiger partial charge in [-0.25, -0.2) is 9.97 Å². The largest absolute Gasteiger partial charge is 0.490 e. The van der Waals surface area contributed by atoms with Crippen LogP contribution in [0.4, 0.5) is 5.82 Å². The van der Waals surface area contributed by atoms with Crippen molar-refractivity contribution >= 4 is 5.82 Å². The van der Waals surface area contributed by atoms with E-state index in [1.807, 2.05) is 38.1 Å². The van der Waals surface area contributed by atoms with E-state index in [-0.39, 0.29) is 12.0 Å². The molecule has 4 nitrogen and oxygen atoms in total. The lowest BCUT2D eigenvalue weighted by atomic mass is 9.97. The molecule has 0 fully saturated rings. The van der Waals surface area contributed by atoms with Crippen LogP contribution in [0, 0.1) is 0 Å².